The lowest BCUT2D eigenvalue weighted by molar-refractivity contribution is 1.50. The topological polar surface area (TPSA) is 0 Å². The summed E-state index contributed by atoms with van der Waals surface area (Å²) < 4.78 is 0. The van der Waals surface area contributed by atoms with Crippen molar-refractivity contribution in [1.29, 1.82) is 0 Å². The van der Waals surface area contributed by atoms with Gasteiger partial charge in [-0.1, -0.05) is 80.0 Å². The molecule has 0 fully saturated rings. The molecule has 1 heteroatoms. The summed E-state index contributed by atoms with van der Waals surface area (Å²) in [5.41, 5.74) is 0. The van der Waals surface area contributed by atoms with E-state index in [-0.39, 0.29) is 0 Å². The van der Waals surface area contributed by atoms with E-state index in [1.165, 1.54) is 0 Å². The van der Waals surface area contributed by atoms with Gasteiger partial charge in [0.1, 0.15) is 0 Å². The van der Waals surface area contributed by atoms with E-state index >= 15 is 0 Å². The second-order valence-corrected chi connectivity index (χ2v) is 1.15. The Kier molecular flexibility index (Phi) is 45.7. The Hall–Kier alpha value is -0.300. The van der Waals surface area contributed by atoms with Crippen molar-refractivity contribution in [1.82, 2.24) is 0 Å². The van der Waals surface area contributed by atoms with Crippen molar-refractivity contribution >= 4 is 15.9 Å². The van der Waals surface area contributed by atoms with Gasteiger partial charge in [0, 0.05) is 0 Å². The number of rotatable bonds is 0. The van der Waals surface area contributed by atoms with Crippen LogP contribution in [-0.2, 0) is 0 Å². The highest BCUT2D eigenvalue weighted by molar-refractivity contribution is 9.08. The molecule has 0 heterocycles. The third-order valence-corrected chi connectivity index (χ3v) is 0.667. The van der Waals surface area contributed by atoms with Gasteiger partial charge in [-0.05, 0) is 5.83 Å². The predicted molar refractivity (Wildman–Crippen MR) is 64.0 cm³/mol. The fraction of sp³-hybridized carbons (Fsp3) is 0.455. The molecule has 72 valence electrons. The van der Waals surface area contributed by atoms with Crippen LogP contribution in [0.15, 0.2) is 36.4 Å². The molecule has 1 aromatic carbocycles. The van der Waals surface area contributed by atoms with Crippen LogP contribution in [0.5, 0.6) is 0 Å². The summed E-state index contributed by atoms with van der Waals surface area (Å²) in [4.78, 5) is 0. The Labute approximate surface area is 86.1 Å². The highest BCUT2D eigenvalue weighted by atomic mass is 79.9. The Morgan fingerprint density at radius 2 is 0.583 bits per heavy atom. The van der Waals surface area contributed by atoms with E-state index in [0.717, 1.165) is 0 Å². The van der Waals surface area contributed by atoms with Crippen molar-refractivity contribution in [2.75, 3.05) is 5.83 Å². The number of halogens is 1. The summed E-state index contributed by atoms with van der Waals surface area (Å²) in [5, 5.41) is 0. The summed E-state index contributed by atoms with van der Waals surface area (Å²) in [6.07, 6.45) is 0. The molecule has 0 saturated carbocycles. The first-order valence-corrected chi connectivity index (χ1v) is 5.96. The van der Waals surface area contributed by atoms with Gasteiger partial charge in [0.05, 0.1) is 0 Å². The molecule has 0 aromatic heterocycles. The highest BCUT2D eigenvalue weighted by Gasteiger charge is 1.57. The summed E-state index contributed by atoms with van der Waals surface area (Å²) >= 11 is 2.94. The minimum Gasteiger partial charge on any atom is -0.0966 e. The first-order chi connectivity index (χ1) is 6.00. The summed E-state index contributed by atoms with van der Waals surface area (Å²) in [5.74, 6) is 1.81. The van der Waals surface area contributed by atoms with E-state index in [0.29, 0.717) is 0 Å². The molecule has 0 radical (unpaired) electrons. The summed E-state index contributed by atoms with van der Waals surface area (Å²) in [7, 11) is 0. The minimum atomic E-state index is 1.81. The predicted octanol–water partition coefficient (Wildman–Crippen LogP) is 4.75. The monoisotopic (exact) mass is 232 g/mol. The van der Waals surface area contributed by atoms with Crippen LogP contribution in [0.2, 0.25) is 0 Å². The Bertz CT molecular complexity index is 76.9. The zero-order valence-corrected chi connectivity index (χ0v) is 10.4. The molecule has 0 nitrogen and oxygen atoms in total. The van der Waals surface area contributed by atoms with Crippen molar-refractivity contribution in [2.45, 2.75) is 27.7 Å². The molecule has 0 aliphatic rings. The normalized spacial score (nSPS) is 5.50. The number of benzene rings is 1. The first-order valence-electron chi connectivity index (χ1n) is 4.38. The molecule has 0 spiro atoms. The molecular formula is C11H21Br. The van der Waals surface area contributed by atoms with Crippen LogP contribution >= 0.6 is 15.9 Å². The highest BCUT2D eigenvalue weighted by Crippen LogP contribution is 1.79. The van der Waals surface area contributed by atoms with Crippen LogP contribution in [0.4, 0.5) is 0 Å². The molecule has 0 amide bonds. The van der Waals surface area contributed by atoms with E-state index in [4.69, 9.17) is 0 Å². The Morgan fingerprint density at radius 3 is 0.667 bits per heavy atom. The fourth-order valence-electron chi connectivity index (χ4n) is 0.385. The second kappa shape index (κ2) is 31.0. The van der Waals surface area contributed by atoms with E-state index < -0.39 is 0 Å². The van der Waals surface area contributed by atoms with Crippen molar-refractivity contribution in [3.63, 3.8) is 0 Å². The number of alkyl halides is 1. The zero-order chi connectivity index (χ0) is 10.2. The van der Waals surface area contributed by atoms with Gasteiger partial charge in [0.2, 0.25) is 0 Å². The van der Waals surface area contributed by atoms with E-state index in [9.17, 15) is 0 Å². The standard InChI is InChI=1S/C6H6.2C2H6.CH3Br/c1-2-4-6-5-3-1;3*1-2/h1-6H;2*1-2H3;1H3. The average Bonchev–Trinajstić information content (AvgIpc) is 2.29. The molecule has 0 N–H and O–H groups in total. The maximum atomic E-state index is 2.94. The van der Waals surface area contributed by atoms with Gasteiger partial charge in [-0.2, -0.15) is 0 Å². The number of hydrogen-bond donors (Lipinski definition) is 0. The lowest BCUT2D eigenvalue weighted by Crippen LogP contribution is -1.47. The van der Waals surface area contributed by atoms with Gasteiger partial charge in [-0.3, -0.25) is 0 Å². The summed E-state index contributed by atoms with van der Waals surface area (Å²) in [6.45, 7) is 8.00. The van der Waals surface area contributed by atoms with Crippen molar-refractivity contribution in [3.05, 3.63) is 36.4 Å². The summed E-state index contributed by atoms with van der Waals surface area (Å²) in [6, 6.07) is 12.0. The smallest absolute Gasteiger partial charge is 0.00848 e. The van der Waals surface area contributed by atoms with Gasteiger partial charge in [-0.15, -0.1) is 0 Å². The SMILES string of the molecule is CBr.CC.CC.c1ccccc1. The fourth-order valence-corrected chi connectivity index (χ4v) is 0.385. The van der Waals surface area contributed by atoms with Crippen LogP contribution in [0.25, 0.3) is 0 Å². The van der Waals surface area contributed by atoms with E-state index in [1.54, 1.807) is 0 Å². The van der Waals surface area contributed by atoms with Crippen LogP contribution in [0.1, 0.15) is 27.7 Å². The van der Waals surface area contributed by atoms with Crippen LogP contribution < -0.4 is 0 Å². The lowest BCUT2D eigenvalue weighted by atomic mass is 10.4. The van der Waals surface area contributed by atoms with Crippen LogP contribution in [-0.4, -0.2) is 5.83 Å². The molecule has 0 saturated heterocycles. The zero-order valence-electron chi connectivity index (χ0n) is 8.84. The Balaban J connectivity index is -0.000000117. The molecular weight excluding hydrogens is 212 g/mol. The lowest BCUT2D eigenvalue weighted by Gasteiger charge is -1.69. The maximum Gasteiger partial charge on any atom is -0.00848 e. The van der Waals surface area contributed by atoms with Crippen LogP contribution in [0.3, 0.4) is 0 Å². The largest absolute Gasteiger partial charge is 0.0966 e. The minimum absolute atomic E-state index is 1.81. The van der Waals surface area contributed by atoms with Gasteiger partial charge in [0.25, 0.3) is 0 Å². The molecule has 12 heavy (non-hydrogen) atoms. The first kappa shape index (κ1) is 17.7. The van der Waals surface area contributed by atoms with Gasteiger partial charge in [-0.25, -0.2) is 0 Å². The Morgan fingerprint density at radius 1 is 0.500 bits per heavy atom. The van der Waals surface area contributed by atoms with E-state index in [2.05, 4.69) is 15.9 Å². The van der Waals surface area contributed by atoms with E-state index in [1.807, 2.05) is 69.9 Å². The molecule has 1 rings (SSSR count). The van der Waals surface area contributed by atoms with Gasteiger partial charge < -0.3 is 0 Å². The average molecular weight is 233 g/mol. The maximum absolute atomic E-state index is 2.94. The molecule has 0 aliphatic carbocycles. The molecule has 1 aromatic rings. The van der Waals surface area contributed by atoms with Crippen molar-refractivity contribution in [3.8, 4) is 0 Å². The van der Waals surface area contributed by atoms with Crippen molar-refractivity contribution < 1.29 is 0 Å². The molecule has 0 aliphatic heterocycles. The molecule has 0 unspecified atom stereocenters. The van der Waals surface area contributed by atoms with Crippen molar-refractivity contribution in [2.24, 2.45) is 0 Å². The third kappa shape index (κ3) is 22.6. The molecule has 0 bridgehead atoms. The van der Waals surface area contributed by atoms with Gasteiger partial charge >= 0.3 is 0 Å². The molecule has 0 atom stereocenters. The van der Waals surface area contributed by atoms with Gasteiger partial charge in [0.15, 0.2) is 0 Å². The number of hydrogen-bond acceptors (Lipinski definition) is 0. The second-order valence-electron chi connectivity index (χ2n) is 1.15. The van der Waals surface area contributed by atoms with Crippen LogP contribution in [0, 0.1) is 0 Å². The third-order valence-electron chi connectivity index (χ3n) is 0.667. The quantitative estimate of drug-likeness (QED) is 0.567.